The second-order valence-electron chi connectivity index (χ2n) is 10.1. The molecule has 10 nitrogen and oxygen atoms in total. The zero-order chi connectivity index (χ0) is 27.2. The summed E-state index contributed by atoms with van der Waals surface area (Å²) in [5.41, 5.74) is 2.87. The van der Waals surface area contributed by atoms with Crippen LogP contribution in [0.4, 0.5) is 0 Å². The molecule has 0 radical (unpaired) electrons. The van der Waals surface area contributed by atoms with Crippen LogP contribution < -0.4 is 10.5 Å². The van der Waals surface area contributed by atoms with Gasteiger partial charge in [0.15, 0.2) is 11.4 Å². The molecule has 6 N–H and O–H groups in total. The van der Waals surface area contributed by atoms with E-state index in [0.29, 0.717) is 17.9 Å². The lowest BCUT2D eigenvalue weighted by molar-refractivity contribution is -0.144. The van der Waals surface area contributed by atoms with Crippen molar-refractivity contribution in [2.24, 2.45) is 17.6 Å². The molecule has 1 unspecified atom stereocenters. The van der Waals surface area contributed by atoms with Gasteiger partial charge in [-0.1, -0.05) is 20.3 Å². The summed E-state index contributed by atoms with van der Waals surface area (Å²) in [6.45, 7) is 6.34. The molecule has 4 rings (SSSR count). The fraction of sp³-hybridized carbons (Fsp3) is 0.519. The third kappa shape index (κ3) is 4.08. The van der Waals surface area contributed by atoms with Gasteiger partial charge in [-0.2, -0.15) is 0 Å². The molecule has 10 heteroatoms. The highest BCUT2D eigenvalue weighted by Crippen LogP contribution is 2.52. The van der Waals surface area contributed by atoms with Gasteiger partial charge in [0.25, 0.3) is 5.91 Å². The molecule has 0 spiro atoms. The van der Waals surface area contributed by atoms with Gasteiger partial charge >= 0.3 is 0 Å². The van der Waals surface area contributed by atoms with Gasteiger partial charge in [0.2, 0.25) is 5.78 Å². The van der Waals surface area contributed by atoms with Crippen LogP contribution >= 0.6 is 0 Å². The van der Waals surface area contributed by atoms with Gasteiger partial charge in [-0.05, 0) is 44.3 Å². The summed E-state index contributed by atoms with van der Waals surface area (Å²) in [5, 5.41) is 43.7. The number of aliphatic hydroxyl groups excluding tert-OH is 2. The van der Waals surface area contributed by atoms with Crippen LogP contribution in [0.25, 0.3) is 0 Å². The number of ether oxygens (including phenoxy) is 1. The lowest BCUT2D eigenvalue weighted by atomic mass is 9.60. The van der Waals surface area contributed by atoms with E-state index >= 15 is 0 Å². The first-order valence-electron chi connectivity index (χ1n) is 12.6. The molecule has 0 fully saturated rings. The summed E-state index contributed by atoms with van der Waals surface area (Å²) in [7, 11) is 1.50. The minimum absolute atomic E-state index is 0.0474. The Balaban J connectivity index is 1.81. The molecule has 3 atom stereocenters. The smallest absolute Gasteiger partial charge is 0.255 e. The van der Waals surface area contributed by atoms with Crippen LogP contribution in [0.2, 0.25) is 0 Å². The van der Waals surface area contributed by atoms with E-state index in [1.807, 2.05) is 6.92 Å². The Bertz CT molecular complexity index is 1230. The van der Waals surface area contributed by atoms with E-state index in [1.165, 1.54) is 13.2 Å². The lowest BCUT2D eigenvalue weighted by Crippen LogP contribution is -2.57. The maximum atomic E-state index is 13.7. The van der Waals surface area contributed by atoms with Crippen molar-refractivity contribution >= 4 is 17.5 Å². The summed E-state index contributed by atoms with van der Waals surface area (Å²) in [6, 6.07) is 1.49. The van der Waals surface area contributed by atoms with Crippen molar-refractivity contribution in [3.05, 3.63) is 45.4 Å². The minimum Gasteiger partial charge on any atom is -0.511 e. The van der Waals surface area contributed by atoms with Crippen LogP contribution in [0.15, 0.2) is 28.7 Å². The first kappa shape index (κ1) is 26.7. The van der Waals surface area contributed by atoms with Gasteiger partial charge in [-0.15, -0.1) is 0 Å². The number of phenols is 1. The van der Waals surface area contributed by atoms with Crippen molar-refractivity contribution in [1.29, 1.82) is 0 Å². The van der Waals surface area contributed by atoms with Crippen LogP contribution in [0.3, 0.4) is 0 Å². The monoisotopic (exact) mass is 514 g/mol. The Kier molecular flexibility index (Phi) is 7.09. The zero-order valence-corrected chi connectivity index (χ0v) is 21.3. The highest BCUT2D eigenvalue weighted by atomic mass is 16.5. The quantitative estimate of drug-likeness (QED) is 0.326. The third-order valence-electron chi connectivity index (χ3n) is 7.96. The van der Waals surface area contributed by atoms with Gasteiger partial charge < -0.3 is 30.9 Å². The number of allylic oxidation sites excluding steroid dienone is 2. The number of benzene rings is 1. The number of nitrogens with two attached hydrogens (primary N) is 1. The average molecular weight is 515 g/mol. The van der Waals surface area contributed by atoms with Crippen molar-refractivity contribution < 1.29 is 39.5 Å². The average Bonchev–Trinajstić information content (AvgIpc) is 2.83. The van der Waals surface area contributed by atoms with Crippen molar-refractivity contribution in [3.63, 3.8) is 0 Å². The molecule has 0 aliphatic heterocycles. The van der Waals surface area contributed by atoms with Crippen molar-refractivity contribution in [2.75, 3.05) is 20.2 Å². The molecule has 200 valence electrons. The molecule has 3 aliphatic carbocycles. The predicted molar refractivity (Wildman–Crippen MR) is 133 cm³/mol. The SMILES string of the molecule is CCCCN(CC)Cc1cc(O)c2c(c1OC)CC1C[C@H]3CC(O)=C(C(N)=O)C(=O)[C@@]3(O)C(O)=C1C2=O. The van der Waals surface area contributed by atoms with Gasteiger partial charge in [-0.25, -0.2) is 0 Å². The summed E-state index contributed by atoms with van der Waals surface area (Å²) in [6.07, 6.45) is 2.08. The Morgan fingerprint density at radius 2 is 1.92 bits per heavy atom. The molecule has 0 saturated carbocycles. The zero-order valence-electron chi connectivity index (χ0n) is 21.3. The second kappa shape index (κ2) is 9.83. The van der Waals surface area contributed by atoms with E-state index in [2.05, 4.69) is 11.8 Å². The summed E-state index contributed by atoms with van der Waals surface area (Å²) >= 11 is 0. The molecule has 37 heavy (non-hydrogen) atoms. The van der Waals surface area contributed by atoms with Crippen LogP contribution in [0, 0.1) is 11.8 Å². The van der Waals surface area contributed by atoms with Crippen molar-refractivity contribution in [1.82, 2.24) is 4.90 Å². The third-order valence-corrected chi connectivity index (χ3v) is 7.96. The molecule has 1 aromatic carbocycles. The molecule has 3 aliphatic rings. The highest BCUT2D eigenvalue weighted by molar-refractivity contribution is 6.24. The van der Waals surface area contributed by atoms with Crippen molar-refractivity contribution in [3.8, 4) is 11.5 Å². The number of amides is 1. The first-order valence-corrected chi connectivity index (χ1v) is 12.6. The Labute approximate surface area is 215 Å². The standard InChI is InChI=1S/C27H34N2O8/c1-4-6-7-29(5-2)12-14-10-17(30)20-16(23(14)37-3)9-13-8-15-11-18(31)21(26(28)35)25(34)27(15,36)24(33)19(13)22(20)32/h10,13,15,30-31,33,36H,4-9,11-12H2,1-3H3,(H2,28,35)/t13?,15-,27-/m0/s1. The number of aromatic hydroxyl groups is 1. The number of carbonyl (C=O) groups excluding carboxylic acids is 3. The Morgan fingerprint density at radius 1 is 1.22 bits per heavy atom. The van der Waals surface area contributed by atoms with Gasteiger partial charge in [0.05, 0.1) is 12.7 Å². The van der Waals surface area contributed by atoms with Gasteiger partial charge in [0, 0.05) is 35.6 Å². The number of methoxy groups -OCH3 is 1. The van der Waals surface area contributed by atoms with Crippen LogP contribution in [-0.4, -0.2) is 68.6 Å². The van der Waals surface area contributed by atoms with E-state index in [-0.39, 0.29) is 36.1 Å². The number of aliphatic hydroxyl groups is 3. The van der Waals surface area contributed by atoms with E-state index in [1.54, 1.807) is 0 Å². The predicted octanol–water partition coefficient (Wildman–Crippen LogP) is 2.21. The highest BCUT2D eigenvalue weighted by Gasteiger charge is 2.59. The number of primary amides is 1. The normalized spacial score (nSPS) is 25.2. The van der Waals surface area contributed by atoms with Crippen LogP contribution in [0.5, 0.6) is 11.5 Å². The molecular weight excluding hydrogens is 480 g/mol. The second-order valence-corrected chi connectivity index (χ2v) is 10.1. The maximum Gasteiger partial charge on any atom is 0.255 e. The fourth-order valence-electron chi connectivity index (χ4n) is 6.07. The number of carbonyl (C=O) groups is 3. The van der Waals surface area contributed by atoms with Gasteiger partial charge in [-0.3, -0.25) is 19.3 Å². The number of nitrogens with zero attached hydrogens (tertiary/aromatic N) is 1. The topological polar surface area (TPSA) is 171 Å². The number of hydrogen-bond donors (Lipinski definition) is 5. The summed E-state index contributed by atoms with van der Waals surface area (Å²) < 4.78 is 5.73. The molecule has 0 bridgehead atoms. The van der Waals surface area contributed by atoms with E-state index in [9.17, 15) is 34.8 Å². The minimum atomic E-state index is -2.57. The summed E-state index contributed by atoms with van der Waals surface area (Å²) in [4.78, 5) is 40.7. The summed E-state index contributed by atoms with van der Waals surface area (Å²) in [5.74, 6) is -5.97. The van der Waals surface area contributed by atoms with Crippen LogP contribution in [0.1, 0.15) is 61.0 Å². The maximum absolute atomic E-state index is 13.7. The molecule has 0 heterocycles. The number of hydrogen-bond acceptors (Lipinski definition) is 9. The largest absolute Gasteiger partial charge is 0.511 e. The van der Waals surface area contributed by atoms with Crippen LogP contribution in [-0.2, 0) is 22.6 Å². The molecule has 0 saturated heterocycles. The van der Waals surface area contributed by atoms with E-state index < -0.39 is 52.0 Å². The number of phenolic OH excluding ortho intramolecular Hbond substituents is 1. The molecule has 1 aromatic rings. The number of unbranched alkanes of at least 4 members (excludes halogenated alkanes) is 1. The van der Waals surface area contributed by atoms with Gasteiger partial charge in [0.1, 0.15) is 28.6 Å². The molecular formula is C27H34N2O8. The van der Waals surface area contributed by atoms with E-state index in [4.69, 9.17) is 10.5 Å². The lowest BCUT2D eigenvalue weighted by Gasteiger charge is -2.45. The Hall–Kier alpha value is -3.37. The molecule has 1 amide bonds. The van der Waals surface area contributed by atoms with E-state index in [0.717, 1.165) is 31.5 Å². The number of Topliss-reactive ketones (excluding diaryl/α,β-unsaturated/α-hetero) is 2. The molecule has 0 aromatic heterocycles. The van der Waals surface area contributed by atoms with Crippen molar-refractivity contribution in [2.45, 2.75) is 58.1 Å². The number of fused-ring (bicyclic) bond motifs is 3. The number of ketones is 2. The Morgan fingerprint density at radius 3 is 2.51 bits per heavy atom. The number of rotatable bonds is 8. The first-order chi connectivity index (χ1) is 17.5. The fourth-order valence-corrected chi connectivity index (χ4v) is 6.07.